The molecule has 0 aliphatic heterocycles. The Morgan fingerprint density at radius 1 is 1.30 bits per heavy atom. The van der Waals surface area contributed by atoms with Gasteiger partial charge in [-0.1, -0.05) is 32.9 Å². The van der Waals surface area contributed by atoms with Crippen molar-refractivity contribution in [2.75, 3.05) is 0 Å². The van der Waals surface area contributed by atoms with E-state index in [2.05, 4.69) is 20.8 Å². The minimum absolute atomic E-state index is 0.00919. The van der Waals surface area contributed by atoms with Crippen LogP contribution in [0.1, 0.15) is 50.4 Å². The molecular formula is C17H22O3. The SMILES string of the molecule is CC1(C)[C@H]2CC[C@]1(C)C(OC(=O)c1ccccc1O)C2. The molecule has 0 amide bonds. The first-order valence-corrected chi connectivity index (χ1v) is 7.35. The van der Waals surface area contributed by atoms with Crippen LogP contribution in [0.4, 0.5) is 0 Å². The second kappa shape index (κ2) is 4.24. The number of rotatable bonds is 2. The van der Waals surface area contributed by atoms with Crippen LogP contribution in [0.3, 0.4) is 0 Å². The van der Waals surface area contributed by atoms with Gasteiger partial charge in [0, 0.05) is 5.41 Å². The van der Waals surface area contributed by atoms with E-state index in [1.807, 2.05) is 0 Å². The highest BCUT2D eigenvalue weighted by Crippen LogP contribution is 2.66. The molecule has 0 heterocycles. The molecule has 2 fully saturated rings. The van der Waals surface area contributed by atoms with Gasteiger partial charge < -0.3 is 9.84 Å². The Balaban J connectivity index is 1.81. The van der Waals surface area contributed by atoms with Crippen LogP contribution in [-0.2, 0) is 4.74 Å². The molecule has 3 nitrogen and oxygen atoms in total. The quantitative estimate of drug-likeness (QED) is 0.835. The molecule has 0 saturated heterocycles. The average molecular weight is 274 g/mol. The number of benzene rings is 1. The normalized spacial score (nSPS) is 34.1. The van der Waals surface area contributed by atoms with Gasteiger partial charge in [0.2, 0.25) is 0 Å². The largest absolute Gasteiger partial charge is 0.507 e. The topological polar surface area (TPSA) is 46.5 Å². The number of carbonyl (C=O) groups is 1. The van der Waals surface area contributed by atoms with Gasteiger partial charge in [0.1, 0.15) is 17.4 Å². The van der Waals surface area contributed by atoms with Gasteiger partial charge in [0.15, 0.2) is 0 Å². The number of aromatic hydroxyl groups is 1. The maximum atomic E-state index is 12.3. The van der Waals surface area contributed by atoms with E-state index in [4.69, 9.17) is 4.74 Å². The van der Waals surface area contributed by atoms with Crippen LogP contribution in [0, 0.1) is 16.7 Å². The summed E-state index contributed by atoms with van der Waals surface area (Å²) < 4.78 is 5.75. The van der Waals surface area contributed by atoms with Crippen molar-refractivity contribution in [3.05, 3.63) is 29.8 Å². The molecule has 0 spiro atoms. The zero-order chi connectivity index (χ0) is 14.5. The van der Waals surface area contributed by atoms with Crippen molar-refractivity contribution >= 4 is 5.97 Å². The molecule has 108 valence electrons. The molecule has 0 radical (unpaired) electrons. The van der Waals surface area contributed by atoms with Crippen LogP contribution in [0.25, 0.3) is 0 Å². The fourth-order valence-electron chi connectivity index (χ4n) is 4.15. The van der Waals surface area contributed by atoms with Crippen LogP contribution < -0.4 is 0 Å². The first-order chi connectivity index (χ1) is 9.36. The van der Waals surface area contributed by atoms with E-state index < -0.39 is 5.97 Å². The minimum atomic E-state index is -0.405. The van der Waals surface area contributed by atoms with E-state index in [0.29, 0.717) is 5.92 Å². The standard InChI is InChI=1S/C17H22O3/c1-16(2)11-8-9-17(16,3)14(10-11)20-15(19)12-6-4-5-7-13(12)18/h4-7,11,14,18H,8-10H2,1-3H3/t11-,14?,17+/m0/s1. The number of hydrogen-bond donors (Lipinski definition) is 1. The molecule has 1 aromatic rings. The number of fused-ring (bicyclic) bond motifs is 2. The first-order valence-electron chi connectivity index (χ1n) is 7.35. The van der Waals surface area contributed by atoms with Crippen LogP contribution in [0.2, 0.25) is 0 Å². The summed E-state index contributed by atoms with van der Waals surface area (Å²) in [5.74, 6) is 0.220. The van der Waals surface area contributed by atoms with E-state index in [-0.39, 0.29) is 28.2 Å². The number of carbonyl (C=O) groups excluding carboxylic acids is 1. The Hall–Kier alpha value is -1.51. The Morgan fingerprint density at radius 3 is 2.55 bits per heavy atom. The summed E-state index contributed by atoms with van der Waals surface area (Å²) in [6.07, 6.45) is 3.25. The molecule has 3 rings (SSSR count). The van der Waals surface area contributed by atoms with Crippen molar-refractivity contribution in [1.29, 1.82) is 0 Å². The number of hydrogen-bond acceptors (Lipinski definition) is 3. The fraction of sp³-hybridized carbons (Fsp3) is 0.588. The number of phenolic OH excluding ortho intramolecular Hbond substituents is 1. The molecule has 1 unspecified atom stereocenters. The molecule has 2 aliphatic rings. The van der Waals surface area contributed by atoms with Crippen LogP contribution in [0.15, 0.2) is 24.3 Å². The van der Waals surface area contributed by atoms with Gasteiger partial charge in [-0.2, -0.15) is 0 Å². The number of ether oxygens (including phenoxy) is 1. The van der Waals surface area contributed by atoms with Gasteiger partial charge in [-0.05, 0) is 42.7 Å². The number of esters is 1. The molecule has 3 atom stereocenters. The van der Waals surface area contributed by atoms with Crippen LogP contribution in [0.5, 0.6) is 5.75 Å². The lowest BCUT2D eigenvalue weighted by Crippen LogP contribution is -2.38. The van der Waals surface area contributed by atoms with Crippen LogP contribution >= 0.6 is 0 Å². The van der Waals surface area contributed by atoms with Gasteiger partial charge in [-0.25, -0.2) is 4.79 Å². The second-order valence-electron chi connectivity index (χ2n) is 7.02. The lowest BCUT2D eigenvalue weighted by Gasteiger charge is -2.38. The summed E-state index contributed by atoms with van der Waals surface area (Å²) in [5.41, 5.74) is 0.533. The Bertz CT molecular complexity index is 549. The highest BCUT2D eigenvalue weighted by molar-refractivity contribution is 5.92. The Labute approximate surface area is 120 Å². The molecule has 2 bridgehead atoms. The molecule has 1 N–H and O–H groups in total. The summed E-state index contributed by atoms with van der Waals surface area (Å²) in [6, 6.07) is 6.57. The van der Waals surface area contributed by atoms with E-state index in [1.54, 1.807) is 18.2 Å². The summed E-state index contributed by atoms with van der Waals surface area (Å²) in [5, 5.41) is 9.75. The third kappa shape index (κ3) is 1.68. The highest BCUT2D eigenvalue weighted by Gasteiger charge is 2.62. The van der Waals surface area contributed by atoms with Gasteiger partial charge >= 0.3 is 5.97 Å². The van der Waals surface area contributed by atoms with Crippen molar-refractivity contribution in [3.63, 3.8) is 0 Å². The molecule has 2 aliphatic carbocycles. The van der Waals surface area contributed by atoms with Crippen molar-refractivity contribution in [2.24, 2.45) is 16.7 Å². The fourth-order valence-corrected chi connectivity index (χ4v) is 4.15. The smallest absolute Gasteiger partial charge is 0.342 e. The predicted molar refractivity (Wildman–Crippen MR) is 76.5 cm³/mol. The predicted octanol–water partition coefficient (Wildman–Crippen LogP) is 3.76. The molecule has 3 heteroatoms. The molecule has 0 aromatic heterocycles. The van der Waals surface area contributed by atoms with Gasteiger partial charge in [0.05, 0.1) is 0 Å². The summed E-state index contributed by atoms with van der Waals surface area (Å²) >= 11 is 0. The molecular weight excluding hydrogens is 252 g/mol. The third-order valence-corrected chi connectivity index (χ3v) is 6.09. The average Bonchev–Trinajstić information content (AvgIpc) is 2.72. The molecule has 2 saturated carbocycles. The maximum absolute atomic E-state index is 12.3. The number of phenols is 1. The summed E-state index contributed by atoms with van der Waals surface area (Å²) in [6.45, 7) is 6.82. The van der Waals surface area contributed by atoms with Crippen molar-refractivity contribution in [3.8, 4) is 5.75 Å². The highest BCUT2D eigenvalue weighted by atomic mass is 16.5. The third-order valence-electron chi connectivity index (χ3n) is 6.09. The summed E-state index contributed by atoms with van der Waals surface area (Å²) in [7, 11) is 0. The van der Waals surface area contributed by atoms with Crippen molar-refractivity contribution in [1.82, 2.24) is 0 Å². The first kappa shape index (κ1) is 13.5. The zero-order valence-corrected chi connectivity index (χ0v) is 12.3. The number of para-hydroxylation sites is 1. The van der Waals surface area contributed by atoms with E-state index in [9.17, 15) is 9.90 Å². The lowest BCUT2D eigenvalue weighted by atomic mass is 9.70. The van der Waals surface area contributed by atoms with E-state index >= 15 is 0 Å². The van der Waals surface area contributed by atoms with Crippen molar-refractivity contribution < 1.29 is 14.6 Å². The van der Waals surface area contributed by atoms with Gasteiger partial charge in [0.25, 0.3) is 0 Å². The van der Waals surface area contributed by atoms with E-state index in [0.717, 1.165) is 12.8 Å². The summed E-state index contributed by atoms with van der Waals surface area (Å²) in [4.78, 5) is 12.3. The van der Waals surface area contributed by atoms with Gasteiger partial charge in [-0.3, -0.25) is 0 Å². The minimum Gasteiger partial charge on any atom is -0.507 e. The maximum Gasteiger partial charge on any atom is 0.342 e. The lowest BCUT2D eigenvalue weighted by molar-refractivity contribution is -0.0244. The van der Waals surface area contributed by atoms with Crippen molar-refractivity contribution in [2.45, 2.75) is 46.1 Å². The van der Waals surface area contributed by atoms with E-state index in [1.165, 1.54) is 12.5 Å². The van der Waals surface area contributed by atoms with Gasteiger partial charge in [-0.15, -0.1) is 0 Å². The zero-order valence-electron chi connectivity index (χ0n) is 12.3. The van der Waals surface area contributed by atoms with Crippen LogP contribution in [-0.4, -0.2) is 17.2 Å². The Kier molecular flexibility index (Phi) is 2.86. The molecule has 20 heavy (non-hydrogen) atoms. The second-order valence-corrected chi connectivity index (χ2v) is 7.02. The Morgan fingerprint density at radius 2 is 2.00 bits per heavy atom. The monoisotopic (exact) mass is 274 g/mol. The molecule has 1 aromatic carbocycles.